The van der Waals surface area contributed by atoms with E-state index < -0.39 is 0 Å². The molecular weight excluding hydrogens is 232 g/mol. The first-order valence-electron chi connectivity index (χ1n) is 5.61. The molecular formula is C13H14N2O3. The van der Waals surface area contributed by atoms with Crippen LogP contribution in [0.15, 0.2) is 35.1 Å². The number of carbonyl (C=O) groups is 1. The first-order chi connectivity index (χ1) is 8.72. The number of para-hydroxylation sites is 1. The summed E-state index contributed by atoms with van der Waals surface area (Å²) in [7, 11) is 1.56. The Balaban J connectivity index is 2.37. The zero-order valence-corrected chi connectivity index (χ0v) is 10.0. The number of pyridine rings is 1. The van der Waals surface area contributed by atoms with E-state index in [9.17, 15) is 9.59 Å². The lowest BCUT2D eigenvalue weighted by Gasteiger charge is -2.07. The molecule has 0 fully saturated rings. The number of rotatable bonds is 4. The number of amides is 1. The molecule has 2 aromatic rings. The summed E-state index contributed by atoms with van der Waals surface area (Å²) in [5.41, 5.74) is 0.748. The minimum atomic E-state index is -0.286. The van der Waals surface area contributed by atoms with E-state index in [1.165, 1.54) is 6.07 Å². The van der Waals surface area contributed by atoms with Gasteiger partial charge in [0.15, 0.2) is 0 Å². The van der Waals surface area contributed by atoms with Crippen molar-refractivity contribution < 1.29 is 9.53 Å². The number of aromatic amines is 1. The zero-order valence-electron chi connectivity index (χ0n) is 10.0. The third kappa shape index (κ3) is 2.57. The lowest BCUT2D eigenvalue weighted by molar-refractivity contribution is 0.0938. The van der Waals surface area contributed by atoms with Gasteiger partial charge >= 0.3 is 0 Å². The van der Waals surface area contributed by atoms with E-state index in [4.69, 9.17) is 4.74 Å². The standard InChI is InChI=1S/C13H14N2O3/c1-18-7-6-14-13(17)10-8-12(16)15-11-5-3-2-4-9(10)11/h2-5,8H,6-7H2,1H3,(H,14,17)(H,15,16). The summed E-state index contributed by atoms with van der Waals surface area (Å²) in [6.07, 6.45) is 0. The van der Waals surface area contributed by atoms with Crippen LogP contribution in [0.1, 0.15) is 10.4 Å². The number of benzene rings is 1. The van der Waals surface area contributed by atoms with Crippen molar-refractivity contribution in [2.45, 2.75) is 0 Å². The van der Waals surface area contributed by atoms with Gasteiger partial charge in [-0.05, 0) is 6.07 Å². The van der Waals surface area contributed by atoms with Crippen LogP contribution in [0.5, 0.6) is 0 Å². The Morgan fingerprint density at radius 2 is 2.17 bits per heavy atom. The second-order valence-corrected chi connectivity index (χ2v) is 3.84. The summed E-state index contributed by atoms with van der Waals surface area (Å²) in [5.74, 6) is -0.269. The van der Waals surface area contributed by atoms with Crippen molar-refractivity contribution in [3.63, 3.8) is 0 Å². The van der Waals surface area contributed by atoms with E-state index in [1.54, 1.807) is 19.2 Å². The number of aromatic nitrogens is 1. The number of H-pyrrole nitrogens is 1. The Labute approximate surface area is 104 Å². The van der Waals surface area contributed by atoms with Crippen molar-refractivity contribution in [1.29, 1.82) is 0 Å². The van der Waals surface area contributed by atoms with Crippen LogP contribution in [0.2, 0.25) is 0 Å². The van der Waals surface area contributed by atoms with Gasteiger partial charge in [-0.1, -0.05) is 18.2 Å². The molecule has 2 rings (SSSR count). The third-order valence-electron chi connectivity index (χ3n) is 2.59. The van der Waals surface area contributed by atoms with Crippen molar-refractivity contribution in [2.75, 3.05) is 20.3 Å². The fourth-order valence-electron chi connectivity index (χ4n) is 1.75. The van der Waals surface area contributed by atoms with Gasteiger partial charge in [0.25, 0.3) is 5.91 Å². The molecule has 5 nitrogen and oxygen atoms in total. The summed E-state index contributed by atoms with van der Waals surface area (Å²) < 4.78 is 4.86. The number of nitrogens with one attached hydrogen (secondary N) is 2. The minimum Gasteiger partial charge on any atom is -0.383 e. The Morgan fingerprint density at radius 3 is 2.94 bits per heavy atom. The first-order valence-corrected chi connectivity index (χ1v) is 5.61. The highest BCUT2D eigenvalue weighted by Crippen LogP contribution is 2.14. The number of fused-ring (bicyclic) bond motifs is 1. The molecule has 0 atom stereocenters. The van der Waals surface area contributed by atoms with Gasteiger partial charge in [0, 0.05) is 30.6 Å². The van der Waals surface area contributed by atoms with Crippen molar-refractivity contribution in [3.05, 3.63) is 46.2 Å². The summed E-state index contributed by atoms with van der Waals surface area (Å²) in [6, 6.07) is 8.51. The molecule has 0 aliphatic rings. The third-order valence-corrected chi connectivity index (χ3v) is 2.59. The second-order valence-electron chi connectivity index (χ2n) is 3.84. The predicted molar refractivity (Wildman–Crippen MR) is 68.8 cm³/mol. The molecule has 1 amide bonds. The Kier molecular flexibility index (Phi) is 3.74. The van der Waals surface area contributed by atoms with E-state index >= 15 is 0 Å². The lowest BCUT2D eigenvalue weighted by atomic mass is 10.1. The molecule has 1 aromatic heterocycles. The molecule has 0 aliphatic carbocycles. The first kappa shape index (κ1) is 12.3. The highest BCUT2D eigenvalue weighted by atomic mass is 16.5. The van der Waals surface area contributed by atoms with Crippen molar-refractivity contribution in [1.82, 2.24) is 10.3 Å². The van der Waals surface area contributed by atoms with Crippen LogP contribution < -0.4 is 10.9 Å². The minimum absolute atomic E-state index is 0.269. The summed E-state index contributed by atoms with van der Waals surface area (Å²) in [6.45, 7) is 0.851. The average Bonchev–Trinajstić information content (AvgIpc) is 2.38. The molecule has 1 aromatic carbocycles. The maximum atomic E-state index is 12.0. The number of hydrogen-bond donors (Lipinski definition) is 2. The smallest absolute Gasteiger partial charge is 0.252 e. The highest BCUT2D eigenvalue weighted by molar-refractivity contribution is 6.05. The van der Waals surface area contributed by atoms with Crippen LogP contribution in [0.25, 0.3) is 10.9 Å². The molecule has 2 N–H and O–H groups in total. The monoisotopic (exact) mass is 246 g/mol. The fraction of sp³-hybridized carbons (Fsp3) is 0.231. The van der Waals surface area contributed by atoms with E-state index in [1.807, 2.05) is 12.1 Å². The molecule has 1 heterocycles. The summed E-state index contributed by atoms with van der Waals surface area (Å²) in [5, 5.41) is 3.43. The van der Waals surface area contributed by atoms with Crippen LogP contribution in [0, 0.1) is 0 Å². The molecule has 0 saturated carbocycles. The van der Waals surface area contributed by atoms with Crippen LogP contribution in [-0.4, -0.2) is 31.2 Å². The summed E-state index contributed by atoms with van der Waals surface area (Å²) in [4.78, 5) is 26.1. The quantitative estimate of drug-likeness (QED) is 0.787. The molecule has 0 radical (unpaired) electrons. The van der Waals surface area contributed by atoms with Crippen LogP contribution in [0.3, 0.4) is 0 Å². The molecule has 0 bridgehead atoms. The zero-order chi connectivity index (χ0) is 13.0. The molecule has 0 saturated heterocycles. The Hall–Kier alpha value is -2.14. The van der Waals surface area contributed by atoms with Crippen molar-refractivity contribution >= 4 is 16.8 Å². The van der Waals surface area contributed by atoms with E-state index in [2.05, 4.69) is 10.3 Å². The van der Waals surface area contributed by atoms with Crippen LogP contribution in [-0.2, 0) is 4.74 Å². The molecule has 94 valence electrons. The number of hydrogen-bond acceptors (Lipinski definition) is 3. The SMILES string of the molecule is COCCNC(=O)c1cc(=O)[nH]c2ccccc12. The van der Waals surface area contributed by atoms with Gasteiger partial charge < -0.3 is 15.0 Å². The second kappa shape index (κ2) is 5.46. The predicted octanol–water partition coefficient (Wildman–Crippen LogP) is 0.904. The van der Waals surface area contributed by atoms with Gasteiger partial charge in [0.1, 0.15) is 0 Å². The van der Waals surface area contributed by atoms with Gasteiger partial charge in [-0.3, -0.25) is 9.59 Å². The molecule has 0 aliphatic heterocycles. The number of ether oxygens (including phenoxy) is 1. The molecule has 5 heteroatoms. The normalized spacial score (nSPS) is 10.5. The Bertz CT molecular complexity index is 619. The molecule has 0 unspecified atom stereocenters. The van der Waals surface area contributed by atoms with E-state index in [0.29, 0.717) is 24.2 Å². The maximum Gasteiger partial charge on any atom is 0.252 e. The largest absolute Gasteiger partial charge is 0.383 e. The maximum absolute atomic E-state index is 12.0. The van der Waals surface area contributed by atoms with Gasteiger partial charge in [-0.15, -0.1) is 0 Å². The summed E-state index contributed by atoms with van der Waals surface area (Å²) >= 11 is 0. The average molecular weight is 246 g/mol. The number of methoxy groups -OCH3 is 1. The van der Waals surface area contributed by atoms with Crippen molar-refractivity contribution in [2.24, 2.45) is 0 Å². The lowest BCUT2D eigenvalue weighted by Crippen LogP contribution is -2.28. The van der Waals surface area contributed by atoms with Gasteiger partial charge in [-0.25, -0.2) is 0 Å². The molecule has 18 heavy (non-hydrogen) atoms. The van der Waals surface area contributed by atoms with Crippen molar-refractivity contribution in [3.8, 4) is 0 Å². The highest BCUT2D eigenvalue weighted by Gasteiger charge is 2.10. The topological polar surface area (TPSA) is 71.2 Å². The van der Waals surface area contributed by atoms with Gasteiger partial charge in [-0.2, -0.15) is 0 Å². The van der Waals surface area contributed by atoms with E-state index in [-0.39, 0.29) is 11.5 Å². The number of carbonyl (C=O) groups excluding carboxylic acids is 1. The van der Waals surface area contributed by atoms with Gasteiger partial charge in [0.05, 0.1) is 12.2 Å². The van der Waals surface area contributed by atoms with E-state index in [0.717, 1.165) is 5.39 Å². The van der Waals surface area contributed by atoms with Crippen LogP contribution >= 0.6 is 0 Å². The van der Waals surface area contributed by atoms with Crippen LogP contribution in [0.4, 0.5) is 0 Å². The Morgan fingerprint density at radius 1 is 1.39 bits per heavy atom. The fourth-order valence-corrected chi connectivity index (χ4v) is 1.75. The van der Waals surface area contributed by atoms with Gasteiger partial charge in [0.2, 0.25) is 5.56 Å². The molecule has 0 spiro atoms.